The van der Waals surface area contributed by atoms with Crippen LogP contribution in [-0.2, 0) is 6.42 Å². The summed E-state index contributed by atoms with van der Waals surface area (Å²) in [7, 11) is 0. The Balaban J connectivity index is 1.84. The fourth-order valence-electron chi connectivity index (χ4n) is 1.82. The van der Waals surface area contributed by atoms with Crippen molar-refractivity contribution in [1.29, 1.82) is 0 Å². The molecule has 0 spiro atoms. The van der Waals surface area contributed by atoms with E-state index in [0.29, 0.717) is 23.2 Å². The number of aliphatic hydroxyl groups is 1. The standard InChI is InChI=1S/C15H19ClN2O2/c1-11(2)18-7-6-13(17-18)9-14(19)10-20-15-5-3-4-12(16)8-15/h3-8,11,14,19H,9-10H2,1-2H3. The van der Waals surface area contributed by atoms with Gasteiger partial charge in [0.25, 0.3) is 0 Å². The molecule has 1 heterocycles. The molecule has 1 unspecified atom stereocenters. The smallest absolute Gasteiger partial charge is 0.120 e. The van der Waals surface area contributed by atoms with Crippen molar-refractivity contribution < 1.29 is 9.84 Å². The third-order valence-electron chi connectivity index (χ3n) is 2.88. The van der Waals surface area contributed by atoms with Gasteiger partial charge < -0.3 is 9.84 Å². The Morgan fingerprint density at radius 3 is 2.80 bits per heavy atom. The van der Waals surface area contributed by atoms with E-state index >= 15 is 0 Å². The lowest BCUT2D eigenvalue weighted by molar-refractivity contribution is 0.107. The van der Waals surface area contributed by atoms with Gasteiger partial charge in [0, 0.05) is 23.7 Å². The topological polar surface area (TPSA) is 47.3 Å². The van der Waals surface area contributed by atoms with Gasteiger partial charge in [0.15, 0.2) is 0 Å². The molecule has 0 radical (unpaired) electrons. The zero-order chi connectivity index (χ0) is 14.5. The largest absolute Gasteiger partial charge is 0.491 e. The molecule has 0 aliphatic heterocycles. The molecule has 20 heavy (non-hydrogen) atoms. The summed E-state index contributed by atoms with van der Waals surface area (Å²) in [4.78, 5) is 0. The molecule has 0 aliphatic rings. The summed E-state index contributed by atoms with van der Waals surface area (Å²) >= 11 is 5.87. The molecule has 5 heteroatoms. The number of hydrogen-bond acceptors (Lipinski definition) is 3. The fraction of sp³-hybridized carbons (Fsp3) is 0.400. The molecule has 0 fully saturated rings. The number of halogens is 1. The summed E-state index contributed by atoms with van der Waals surface area (Å²) in [6, 6.07) is 9.37. The van der Waals surface area contributed by atoms with Gasteiger partial charge in [-0.05, 0) is 38.1 Å². The molecule has 0 aliphatic carbocycles. The lowest BCUT2D eigenvalue weighted by Crippen LogP contribution is -2.20. The SMILES string of the molecule is CC(C)n1ccc(CC(O)COc2cccc(Cl)c2)n1. The number of ether oxygens (including phenoxy) is 1. The van der Waals surface area contributed by atoms with E-state index in [0.717, 1.165) is 5.69 Å². The van der Waals surface area contributed by atoms with Crippen LogP contribution in [0.2, 0.25) is 5.02 Å². The van der Waals surface area contributed by atoms with E-state index in [1.54, 1.807) is 12.1 Å². The van der Waals surface area contributed by atoms with Gasteiger partial charge >= 0.3 is 0 Å². The summed E-state index contributed by atoms with van der Waals surface area (Å²) < 4.78 is 7.38. The maximum Gasteiger partial charge on any atom is 0.120 e. The third kappa shape index (κ3) is 4.25. The summed E-state index contributed by atoms with van der Waals surface area (Å²) in [5, 5.41) is 15.0. The molecule has 0 bridgehead atoms. The van der Waals surface area contributed by atoms with E-state index in [4.69, 9.17) is 16.3 Å². The van der Waals surface area contributed by atoms with Crippen LogP contribution in [0.1, 0.15) is 25.6 Å². The van der Waals surface area contributed by atoms with Crippen molar-refractivity contribution >= 4 is 11.6 Å². The molecule has 2 aromatic rings. The Labute approximate surface area is 123 Å². The van der Waals surface area contributed by atoms with Gasteiger partial charge in [-0.25, -0.2) is 0 Å². The van der Waals surface area contributed by atoms with Crippen LogP contribution in [0.15, 0.2) is 36.5 Å². The number of aromatic nitrogens is 2. The maximum absolute atomic E-state index is 9.97. The van der Waals surface area contributed by atoms with Crippen molar-refractivity contribution in [3.05, 3.63) is 47.2 Å². The molecule has 0 amide bonds. The molecule has 108 valence electrons. The molecule has 1 atom stereocenters. The van der Waals surface area contributed by atoms with E-state index in [9.17, 15) is 5.11 Å². The average molecular weight is 295 g/mol. The Morgan fingerprint density at radius 1 is 1.35 bits per heavy atom. The van der Waals surface area contributed by atoms with Crippen molar-refractivity contribution in [3.8, 4) is 5.75 Å². The van der Waals surface area contributed by atoms with Crippen LogP contribution >= 0.6 is 11.6 Å². The Morgan fingerprint density at radius 2 is 2.15 bits per heavy atom. The van der Waals surface area contributed by atoms with Crippen LogP contribution in [0.4, 0.5) is 0 Å². The summed E-state index contributed by atoms with van der Waals surface area (Å²) in [6.07, 6.45) is 1.80. The zero-order valence-electron chi connectivity index (χ0n) is 11.7. The van der Waals surface area contributed by atoms with Crippen LogP contribution in [0, 0.1) is 0 Å². The highest BCUT2D eigenvalue weighted by Gasteiger charge is 2.10. The molecule has 1 N–H and O–H groups in total. The van der Waals surface area contributed by atoms with Crippen molar-refractivity contribution in [2.75, 3.05) is 6.61 Å². The van der Waals surface area contributed by atoms with Crippen LogP contribution in [0.5, 0.6) is 5.75 Å². The highest BCUT2D eigenvalue weighted by Crippen LogP contribution is 2.17. The van der Waals surface area contributed by atoms with Gasteiger partial charge in [-0.15, -0.1) is 0 Å². The minimum absolute atomic E-state index is 0.217. The molecule has 1 aromatic carbocycles. The van der Waals surface area contributed by atoms with Gasteiger partial charge in [0.05, 0.1) is 11.8 Å². The molecule has 1 aromatic heterocycles. The Kier molecular flexibility index (Phi) is 5.04. The highest BCUT2D eigenvalue weighted by atomic mass is 35.5. The van der Waals surface area contributed by atoms with Crippen LogP contribution in [-0.4, -0.2) is 27.6 Å². The normalized spacial score (nSPS) is 12.7. The zero-order valence-corrected chi connectivity index (χ0v) is 12.4. The molecule has 0 saturated carbocycles. The van der Waals surface area contributed by atoms with Gasteiger partial charge in [0.2, 0.25) is 0 Å². The second kappa shape index (κ2) is 6.77. The second-order valence-corrected chi connectivity index (χ2v) is 5.44. The molecular formula is C15H19ClN2O2. The van der Waals surface area contributed by atoms with Crippen LogP contribution in [0.25, 0.3) is 0 Å². The summed E-state index contributed by atoms with van der Waals surface area (Å²) in [5.41, 5.74) is 0.862. The predicted molar refractivity (Wildman–Crippen MR) is 79.3 cm³/mol. The number of nitrogens with zero attached hydrogens (tertiary/aromatic N) is 2. The first-order chi connectivity index (χ1) is 9.54. The van der Waals surface area contributed by atoms with E-state index in [1.165, 1.54) is 0 Å². The first-order valence-electron chi connectivity index (χ1n) is 6.65. The van der Waals surface area contributed by atoms with Crippen molar-refractivity contribution in [2.24, 2.45) is 0 Å². The number of benzene rings is 1. The third-order valence-corrected chi connectivity index (χ3v) is 3.11. The first kappa shape index (κ1) is 14.9. The first-order valence-corrected chi connectivity index (χ1v) is 7.03. The van der Waals surface area contributed by atoms with Gasteiger partial charge in [0.1, 0.15) is 12.4 Å². The van der Waals surface area contributed by atoms with Crippen LogP contribution in [0.3, 0.4) is 0 Å². The second-order valence-electron chi connectivity index (χ2n) is 5.01. The van der Waals surface area contributed by atoms with Crippen molar-refractivity contribution in [1.82, 2.24) is 9.78 Å². The minimum atomic E-state index is -0.593. The quantitative estimate of drug-likeness (QED) is 0.890. The van der Waals surface area contributed by atoms with Gasteiger partial charge in [-0.2, -0.15) is 5.10 Å². The van der Waals surface area contributed by atoms with E-state index in [1.807, 2.05) is 29.1 Å². The van der Waals surface area contributed by atoms with Crippen molar-refractivity contribution in [2.45, 2.75) is 32.4 Å². The van der Waals surface area contributed by atoms with Crippen LogP contribution < -0.4 is 4.74 Å². The summed E-state index contributed by atoms with van der Waals surface area (Å²) in [5.74, 6) is 0.657. The van der Waals surface area contributed by atoms with E-state index in [-0.39, 0.29) is 6.61 Å². The predicted octanol–water partition coefficient (Wildman–Crippen LogP) is 3.10. The number of aliphatic hydroxyl groups excluding tert-OH is 1. The molecular weight excluding hydrogens is 276 g/mol. The Hall–Kier alpha value is -1.52. The van der Waals surface area contributed by atoms with Crippen molar-refractivity contribution in [3.63, 3.8) is 0 Å². The monoisotopic (exact) mass is 294 g/mol. The minimum Gasteiger partial charge on any atom is -0.491 e. The van der Waals surface area contributed by atoms with Gasteiger partial charge in [-0.1, -0.05) is 17.7 Å². The number of rotatable bonds is 6. The van der Waals surface area contributed by atoms with E-state index in [2.05, 4.69) is 18.9 Å². The van der Waals surface area contributed by atoms with Gasteiger partial charge in [-0.3, -0.25) is 4.68 Å². The molecule has 0 saturated heterocycles. The van der Waals surface area contributed by atoms with E-state index < -0.39 is 6.10 Å². The summed E-state index contributed by atoms with van der Waals surface area (Å²) in [6.45, 7) is 4.35. The highest BCUT2D eigenvalue weighted by molar-refractivity contribution is 6.30. The molecule has 2 rings (SSSR count). The average Bonchev–Trinajstić information content (AvgIpc) is 2.85. The maximum atomic E-state index is 9.97. The lowest BCUT2D eigenvalue weighted by atomic mass is 10.2. The molecule has 4 nitrogen and oxygen atoms in total. The Bertz CT molecular complexity index is 554. The lowest BCUT2D eigenvalue weighted by Gasteiger charge is -2.11. The fourth-order valence-corrected chi connectivity index (χ4v) is 2.00. The number of hydrogen-bond donors (Lipinski definition) is 1.